The molecule has 2 N–H and O–H groups in total. The molecular weight excluding hydrogens is 194 g/mol. The van der Waals surface area contributed by atoms with Crippen LogP contribution in [-0.2, 0) is 16.1 Å². The number of hydrogen-bond acceptors (Lipinski definition) is 4. The van der Waals surface area contributed by atoms with E-state index in [1.165, 1.54) is 0 Å². The van der Waals surface area contributed by atoms with Crippen LogP contribution in [0.4, 0.5) is 0 Å². The first-order chi connectivity index (χ1) is 7.25. The molecular formula is C10H11N3O2. The van der Waals surface area contributed by atoms with E-state index >= 15 is 0 Å². The van der Waals surface area contributed by atoms with Crippen molar-refractivity contribution >= 4 is 11.8 Å². The quantitative estimate of drug-likeness (QED) is 0.658. The molecule has 1 fully saturated rings. The molecule has 0 unspecified atom stereocenters. The van der Waals surface area contributed by atoms with E-state index in [9.17, 15) is 9.59 Å². The van der Waals surface area contributed by atoms with Gasteiger partial charge in [-0.2, -0.15) is 0 Å². The Morgan fingerprint density at radius 1 is 1.47 bits per heavy atom. The van der Waals surface area contributed by atoms with Gasteiger partial charge in [-0.1, -0.05) is 6.07 Å². The van der Waals surface area contributed by atoms with Gasteiger partial charge in [-0.3, -0.25) is 25.2 Å². The number of hydrogen-bond donors (Lipinski definition) is 2. The van der Waals surface area contributed by atoms with Gasteiger partial charge < -0.3 is 0 Å². The number of amides is 2. The number of carbonyl (C=O) groups excluding carboxylic acids is 2. The molecule has 1 aliphatic rings. The lowest BCUT2D eigenvalue weighted by molar-refractivity contribution is -0.125. The third-order valence-corrected chi connectivity index (χ3v) is 2.22. The van der Waals surface area contributed by atoms with Gasteiger partial charge in [-0.15, -0.1) is 0 Å². The molecule has 0 radical (unpaired) electrons. The molecule has 1 aromatic rings. The van der Waals surface area contributed by atoms with E-state index < -0.39 is 6.04 Å². The summed E-state index contributed by atoms with van der Waals surface area (Å²) in [6, 6.07) is 5.15. The van der Waals surface area contributed by atoms with Gasteiger partial charge in [-0.05, 0) is 12.1 Å². The minimum atomic E-state index is -0.417. The third kappa shape index (κ3) is 2.38. The van der Waals surface area contributed by atoms with Gasteiger partial charge in [0.15, 0.2) is 0 Å². The summed E-state index contributed by atoms with van der Waals surface area (Å²) in [6.07, 6.45) is 1.91. The molecule has 0 aliphatic carbocycles. The highest BCUT2D eigenvalue weighted by atomic mass is 16.2. The van der Waals surface area contributed by atoms with Gasteiger partial charge in [0.25, 0.3) is 0 Å². The number of nitrogens with one attached hydrogen (secondary N) is 2. The van der Waals surface area contributed by atoms with Gasteiger partial charge in [0.05, 0.1) is 18.2 Å². The molecule has 0 saturated carbocycles. The zero-order valence-electron chi connectivity index (χ0n) is 8.06. The SMILES string of the molecule is O=C1C[C@@H](NCc2ccccn2)C(=O)N1. The third-order valence-electron chi connectivity index (χ3n) is 2.22. The Kier molecular flexibility index (Phi) is 2.73. The van der Waals surface area contributed by atoms with Crippen molar-refractivity contribution in [2.45, 2.75) is 19.0 Å². The van der Waals surface area contributed by atoms with Crippen LogP contribution in [0.1, 0.15) is 12.1 Å². The standard InChI is InChI=1S/C10H11N3O2/c14-9-5-8(10(15)13-9)12-6-7-3-1-2-4-11-7/h1-4,8,12H,5-6H2,(H,13,14,15)/t8-/m1/s1. The lowest BCUT2D eigenvalue weighted by Crippen LogP contribution is -2.35. The Morgan fingerprint density at radius 3 is 2.93 bits per heavy atom. The summed E-state index contributed by atoms with van der Waals surface area (Å²) >= 11 is 0. The molecule has 2 rings (SSSR count). The van der Waals surface area contributed by atoms with Crippen LogP contribution < -0.4 is 10.6 Å². The zero-order chi connectivity index (χ0) is 10.7. The Bertz CT molecular complexity index is 378. The second kappa shape index (κ2) is 4.18. The lowest BCUT2D eigenvalue weighted by atomic mass is 10.2. The zero-order valence-corrected chi connectivity index (χ0v) is 8.06. The van der Waals surface area contributed by atoms with Crippen LogP contribution in [0.3, 0.4) is 0 Å². The van der Waals surface area contributed by atoms with Gasteiger partial charge in [-0.25, -0.2) is 0 Å². The number of aromatic nitrogens is 1. The van der Waals surface area contributed by atoms with E-state index in [0.29, 0.717) is 6.54 Å². The molecule has 15 heavy (non-hydrogen) atoms. The second-order valence-electron chi connectivity index (χ2n) is 3.37. The number of carbonyl (C=O) groups is 2. The van der Waals surface area contributed by atoms with Crippen molar-refractivity contribution in [2.75, 3.05) is 0 Å². The number of rotatable bonds is 3. The first-order valence-corrected chi connectivity index (χ1v) is 4.72. The minimum Gasteiger partial charge on any atom is -0.300 e. The molecule has 1 saturated heterocycles. The number of nitrogens with zero attached hydrogens (tertiary/aromatic N) is 1. The predicted octanol–water partition coefficient (Wildman–Crippen LogP) is -0.414. The van der Waals surface area contributed by atoms with Crippen molar-refractivity contribution in [3.8, 4) is 0 Å². The second-order valence-corrected chi connectivity index (χ2v) is 3.37. The van der Waals surface area contributed by atoms with Crippen LogP contribution in [0, 0.1) is 0 Å². The van der Waals surface area contributed by atoms with Crippen LogP contribution >= 0.6 is 0 Å². The summed E-state index contributed by atoms with van der Waals surface area (Å²) in [6.45, 7) is 0.492. The maximum Gasteiger partial charge on any atom is 0.244 e. The fraction of sp³-hybridized carbons (Fsp3) is 0.300. The molecule has 2 heterocycles. The van der Waals surface area contributed by atoms with Crippen molar-refractivity contribution in [3.05, 3.63) is 30.1 Å². The largest absolute Gasteiger partial charge is 0.300 e. The van der Waals surface area contributed by atoms with E-state index in [1.54, 1.807) is 6.20 Å². The fourth-order valence-corrected chi connectivity index (χ4v) is 1.45. The van der Waals surface area contributed by atoms with Crippen LogP contribution in [0.25, 0.3) is 0 Å². The van der Waals surface area contributed by atoms with Crippen molar-refractivity contribution in [3.63, 3.8) is 0 Å². The van der Waals surface area contributed by atoms with Crippen LogP contribution in [-0.4, -0.2) is 22.8 Å². The summed E-state index contributed by atoms with van der Waals surface area (Å²) < 4.78 is 0. The summed E-state index contributed by atoms with van der Waals surface area (Å²) in [5.41, 5.74) is 0.852. The van der Waals surface area contributed by atoms with Crippen LogP contribution in [0.5, 0.6) is 0 Å². The maximum atomic E-state index is 11.2. The Hall–Kier alpha value is -1.75. The highest BCUT2D eigenvalue weighted by molar-refractivity contribution is 6.05. The normalized spacial score (nSPS) is 20.4. The van der Waals surface area contributed by atoms with Crippen molar-refractivity contribution < 1.29 is 9.59 Å². The van der Waals surface area contributed by atoms with Crippen molar-refractivity contribution in [1.29, 1.82) is 0 Å². The smallest absolute Gasteiger partial charge is 0.244 e. The topological polar surface area (TPSA) is 71.1 Å². The summed E-state index contributed by atoms with van der Waals surface area (Å²) in [7, 11) is 0. The molecule has 1 aromatic heterocycles. The highest BCUT2D eigenvalue weighted by Gasteiger charge is 2.29. The van der Waals surface area contributed by atoms with Gasteiger partial charge in [0.2, 0.25) is 11.8 Å². The van der Waals surface area contributed by atoms with E-state index in [0.717, 1.165) is 5.69 Å². The summed E-state index contributed by atoms with van der Waals surface area (Å²) in [4.78, 5) is 26.2. The Labute approximate surface area is 86.9 Å². The molecule has 2 amide bonds. The summed E-state index contributed by atoms with van der Waals surface area (Å²) in [5, 5.41) is 5.23. The van der Waals surface area contributed by atoms with Gasteiger partial charge in [0, 0.05) is 12.7 Å². The molecule has 1 aliphatic heterocycles. The Morgan fingerprint density at radius 2 is 2.33 bits per heavy atom. The fourth-order valence-electron chi connectivity index (χ4n) is 1.45. The number of pyridine rings is 1. The monoisotopic (exact) mass is 205 g/mol. The van der Waals surface area contributed by atoms with E-state index in [1.807, 2.05) is 18.2 Å². The highest BCUT2D eigenvalue weighted by Crippen LogP contribution is 2.02. The molecule has 0 bridgehead atoms. The first-order valence-electron chi connectivity index (χ1n) is 4.72. The van der Waals surface area contributed by atoms with E-state index in [-0.39, 0.29) is 18.2 Å². The van der Waals surface area contributed by atoms with E-state index in [4.69, 9.17) is 0 Å². The maximum absolute atomic E-state index is 11.2. The average molecular weight is 205 g/mol. The molecule has 0 aromatic carbocycles. The lowest BCUT2D eigenvalue weighted by Gasteiger charge is -2.07. The molecule has 5 heteroatoms. The average Bonchev–Trinajstić information content (AvgIpc) is 2.56. The molecule has 78 valence electrons. The Balaban J connectivity index is 1.89. The summed E-state index contributed by atoms with van der Waals surface area (Å²) in [5.74, 6) is -0.477. The molecule has 0 spiro atoms. The predicted molar refractivity (Wildman–Crippen MR) is 52.6 cm³/mol. The van der Waals surface area contributed by atoms with Gasteiger partial charge in [0.1, 0.15) is 0 Å². The van der Waals surface area contributed by atoms with Gasteiger partial charge >= 0.3 is 0 Å². The van der Waals surface area contributed by atoms with Crippen molar-refractivity contribution in [1.82, 2.24) is 15.6 Å². The first kappa shape index (κ1) is 9.79. The number of imide groups is 1. The molecule has 5 nitrogen and oxygen atoms in total. The molecule has 1 atom stereocenters. The van der Waals surface area contributed by atoms with E-state index in [2.05, 4.69) is 15.6 Å². The van der Waals surface area contributed by atoms with Crippen molar-refractivity contribution in [2.24, 2.45) is 0 Å². The van der Waals surface area contributed by atoms with Crippen LogP contribution in [0.2, 0.25) is 0 Å². The van der Waals surface area contributed by atoms with Crippen LogP contribution in [0.15, 0.2) is 24.4 Å². The minimum absolute atomic E-state index is 0.214.